The Bertz CT molecular complexity index is 638. The van der Waals surface area contributed by atoms with E-state index in [2.05, 4.69) is 21.0 Å². The van der Waals surface area contributed by atoms with Gasteiger partial charge in [0.15, 0.2) is 0 Å². The summed E-state index contributed by atoms with van der Waals surface area (Å²) in [6.45, 7) is 3.65. The Kier molecular flexibility index (Phi) is 3.71. The van der Waals surface area contributed by atoms with Crippen LogP contribution in [0.5, 0.6) is 0 Å². The zero-order valence-corrected chi connectivity index (χ0v) is 12.0. The van der Waals surface area contributed by atoms with E-state index in [9.17, 15) is 9.18 Å². The molecule has 100 valence electrons. The van der Waals surface area contributed by atoms with Gasteiger partial charge in [-0.1, -0.05) is 6.07 Å². The second-order valence-corrected chi connectivity index (χ2v) is 5.24. The molecule has 1 aromatic carbocycles. The maximum absolute atomic E-state index is 14.1. The minimum atomic E-state index is -1.06. The van der Waals surface area contributed by atoms with Gasteiger partial charge in [-0.05, 0) is 47.5 Å². The van der Waals surface area contributed by atoms with E-state index < -0.39 is 11.9 Å². The largest absolute Gasteiger partial charge is 0.478 e. The van der Waals surface area contributed by atoms with Crippen LogP contribution in [0.15, 0.2) is 28.9 Å². The average molecular weight is 327 g/mol. The molecule has 0 unspecified atom stereocenters. The molecule has 2 aromatic rings. The summed E-state index contributed by atoms with van der Waals surface area (Å²) < 4.78 is 15.9. The van der Waals surface area contributed by atoms with Crippen molar-refractivity contribution in [2.45, 2.75) is 19.9 Å². The molecule has 0 aliphatic heterocycles. The van der Waals surface area contributed by atoms with Crippen LogP contribution in [0.1, 0.15) is 30.2 Å². The number of hydrogen-bond acceptors (Lipinski definition) is 2. The Labute approximate surface area is 118 Å². The number of carbonyl (C=O) groups is 1. The molecule has 0 bridgehead atoms. The van der Waals surface area contributed by atoms with Crippen LogP contribution in [0.3, 0.4) is 0 Å². The van der Waals surface area contributed by atoms with Crippen molar-refractivity contribution in [3.63, 3.8) is 0 Å². The lowest BCUT2D eigenvalue weighted by atomic mass is 10.1. The summed E-state index contributed by atoms with van der Waals surface area (Å²) in [4.78, 5) is 11.1. The molecule has 0 aliphatic rings. The molecule has 0 atom stereocenters. The molecule has 0 saturated carbocycles. The highest BCUT2D eigenvalue weighted by atomic mass is 79.9. The average Bonchev–Trinajstić information content (AvgIpc) is 2.71. The Morgan fingerprint density at radius 2 is 2.16 bits per heavy atom. The molecule has 0 radical (unpaired) electrons. The highest BCUT2D eigenvalue weighted by Gasteiger charge is 2.16. The smallest absolute Gasteiger partial charge is 0.336 e. The van der Waals surface area contributed by atoms with Gasteiger partial charge in [0, 0.05) is 10.5 Å². The summed E-state index contributed by atoms with van der Waals surface area (Å²) in [7, 11) is 0. The Balaban J connectivity index is 2.54. The predicted octanol–water partition coefficient (Wildman–Crippen LogP) is 3.73. The van der Waals surface area contributed by atoms with E-state index in [4.69, 9.17) is 5.11 Å². The first-order valence-electron chi connectivity index (χ1n) is 5.68. The number of benzene rings is 1. The maximum Gasteiger partial charge on any atom is 0.336 e. The summed E-state index contributed by atoms with van der Waals surface area (Å²) in [5.74, 6) is -1.53. The predicted molar refractivity (Wildman–Crippen MR) is 72.7 cm³/mol. The van der Waals surface area contributed by atoms with Gasteiger partial charge in [0.05, 0.1) is 17.3 Å². The number of nitrogens with zero attached hydrogens (tertiary/aromatic N) is 2. The van der Waals surface area contributed by atoms with E-state index in [1.807, 2.05) is 13.8 Å². The third-order valence-electron chi connectivity index (χ3n) is 2.73. The van der Waals surface area contributed by atoms with Gasteiger partial charge in [-0.2, -0.15) is 9.49 Å². The van der Waals surface area contributed by atoms with E-state index in [0.29, 0.717) is 15.6 Å². The fourth-order valence-corrected chi connectivity index (χ4v) is 2.17. The van der Waals surface area contributed by atoms with Crippen molar-refractivity contribution in [1.82, 2.24) is 9.78 Å². The number of halogens is 2. The number of rotatable bonds is 3. The van der Waals surface area contributed by atoms with Crippen LogP contribution >= 0.6 is 15.9 Å². The Morgan fingerprint density at radius 3 is 2.68 bits per heavy atom. The Hall–Kier alpha value is -1.69. The number of carboxylic acids is 1. The second kappa shape index (κ2) is 5.13. The normalized spacial score (nSPS) is 11.0. The molecule has 2 rings (SSSR count). The molecular weight excluding hydrogens is 315 g/mol. The van der Waals surface area contributed by atoms with Crippen LogP contribution in [0.25, 0.3) is 11.1 Å². The summed E-state index contributed by atoms with van der Waals surface area (Å²) in [6.07, 6.45) is 1.41. The fraction of sp³-hybridized carbons (Fsp3) is 0.231. The van der Waals surface area contributed by atoms with E-state index in [1.54, 1.807) is 12.1 Å². The molecule has 0 saturated heterocycles. The van der Waals surface area contributed by atoms with Crippen LogP contribution < -0.4 is 0 Å². The first-order valence-corrected chi connectivity index (χ1v) is 6.47. The van der Waals surface area contributed by atoms with Gasteiger partial charge in [-0.3, -0.25) is 0 Å². The fourth-order valence-electron chi connectivity index (χ4n) is 1.76. The zero-order valence-electron chi connectivity index (χ0n) is 10.4. The SMILES string of the molecule is CC(C)n1ncc(-c2ccc(Br)c(C(=O)O)c2)c1F. The molecule has 0 fully saturated rings. The van der Waals surface area contributed by atoms with Crippen LogP contribution in [-0.2, 0) is 0 Å². The number of aromatic nitrogens is 2. The number of carboxylic acid groups (broad SMARTS) is 1. The molecule has 0 amide bonds. The molecule has 0 spiro atoms. The maximum atomic E-state index is 14.1. The van der Waals surface area contributed by atoms with Crippen LogP contribution in [0.2, 0.25) is 0 Å². The summed E-state index contributed by atoms with van der Waals surface area (Å²) >= 11 is 3.16. The molecule has 0 aliphatic carbocycles. The van der Waals surface area contributed by atoms with Crippen molar-refractivity contribution in [3.8, 4) is 11.1 Å². The summed E-state index contributed by atoms with van der Waals surface area (Å²) in [5, 5.41) is 13.0. The first-order chi connectivity index (χ1) is 8.91. The van der Waals surface area contributed by atoms with Crippen molar-refractivity contribution >= 4 is 21.9 Å². The molecule has 1 N–H and O–H groups in total. The number of hydrogen-bond donors (Lipinski definition) is 1. The lowest BCUT2D eigenvalue weighted by Gasteiger charge is -2.06. The summed E-state index contributed by atoms with van der Waals surface area (Å²) in [6, 6.07) is 4.58. The van der Waals surface area contributed by atoms with Crippen molar-refractivity contribution in [2.24, 2.45) is 0 Å². The molecular formula is C13H12BrFN2O2. The Morgan fingerprint density at radius 1 is 1.47 bits per heavy atom. The molecule has 1 aromatic heterocycles. The lowest BCUT2D eigenvalue weighted by molar-refractivity contribution is 0.0696. The molecule has 19 heavy (non-hydrogen) atoms. The molecule has 6 heteroatoms. The van der Waals surface area contributed by atoms with E-state index in [0.717, 1.165) is 0 Å². The van der Waals surface area contributed by atoms with E-state index in [1.165, 1.54) is 16.9 Å². The van der Waals surface area contributed by atoms with Gasteiger partial charge in [-0.25, -0.2) is 9.48 Å². The van der Waals surface area contributed by atoms with Gasteiger partial charge >= 0.3 is 5.97 Å². The zero-order chi connectivity index (χ0) is 14.2. The summed E-state index contributed by atoms with van der Waals surface area (Å²) in [5.41, 5.74) is 0.878. The monoisotopic (exact) mass is 326 g/mol. The van der Waals surface area contributed by atoms with Gasteiger partial charge in [0.1, 0.15) is 0 Å². The van der Waals surface area contributed by atoms with Crippen molar-refractivity contribution < 1.29 is 14.3 Å². The van der Waals surface area contributed by atoms with Crippen molar-refractivity contribution in [1.29, 1.82) is 0 Å². The standard InChI is InChI=1S/C13H12BrFN2O2/c1-7(2)17-12(15)10(6-16-17)8-3-4-11(14)9(5-8)13(18)19/h3-7H,1-2H3,(H,18,19). The van der Waals surface area contributed by atoms with Gasteiger partial charge in [0.2, 0.25) is 5.95 Å². The van der Waals surface area contributed by atoms with Gasteiger partial charge < -0.3 is 5.11 Å². The van der Waals surface area contributed by atoms with Crippen molar-refractivity contribution in [3.05, 3.63) is 40.4 Å². The molecule has 4 nitrogen and oxygen atoms in total. The van der Waals surface area contributed by atoms with Gasteiger partial charge in [-0.15, -0.1) is 0 Å². The number of aromatic carboxylic acids is 1. The second-order valence-electron chi connectivity index (χ2n) is 4.39. The lowest BCUT2D eigenvalue weighted by Crippen LogP contribution is -2.05. The van der Waals surface area contributed by atoms with Crippen LogP contribution in [-0.4, -0.2) is 20.9 Å². The van der Waals surface area contributed by atoms with E-state index >= 15 is 0 Å². The third-order valence-corrected chi connectivity index (χ3v) is 3.42. The van der Waals surface area contributed by atoms with E-state index in [-0.39, 0.29) is 11.6 Å². The third kappa shape index (κ3) is 2.53. The minimum Gasteiger partial charge on any atom is -0.478 e. The van der Waals surface area contributed by atoms with Crippen LogP contribution in [0, 0.1) is 5.95 Å². The van der Waals surface area contributed by atoms with Crippen molar-refractivity contribution in [2.75, 3.05) is 0 Å². The quantitative estimate of drug-likeness (QED) is 0.934. The highest BCUT2D eigenvalue weighted by Crippen LogP contribution is 2.28. The first kappa shape index (κ1) is 13.7. The highest BCUT2D eigenvalue weighted by molar-refractivity contribution is 9.10. The van der Waals surface area contributed by atoms with Crippen LogP contribution in [0.4, 0.5) is 4.39 Å². The topological polar surface area (TPSA) is 55.1 Å². The molecule has 1 heterocycles. The van der Waals surface area contributed by atoms with Gasteiger partial charge in [0.25, 0.3) is 0 Å². The minimum absolute atomic E-state index is 0.0918.